The first-order chi connectivity index (χ1) is 8.54. The van der Waals surface area contributed by atoms with Gasteiger partial charge in [0.25, 0.3) is 12.1 Å². The van der Waals surface area contributed by atoms with Crippen LogP contribution in [0, 0.1) is 0 Å². The normalized spacial score (nSPS) is 29.8. The minimum absolute atomic E-state index is 0. The fraction of sp³-hybridized carbons (Fsp3) is 0.455. The van der Waals surface area contributed by atoms with Crippen molar-refractivity contribution in [1.29, 1.82) is 0 Å². The van der Waals surface area contributed by atoms with Crippen LogP contribution in [0.1, 0.15) is 16.6 Å². The highest BCUT2D eigenvalue weighted by atomic mass is 35.5. The van der Waals surface area contributed by atoms with Gasteiger partial charge in [-0.05, 0) is 6.07 Å². The van der Waals surface area contributed by atoms with Crippen LogP contribution in [0.25, 0.3) is 0 Å². The van der Waals surface area contributed by atoms with Crippen LogP contribution in [-0.2, 0) is 4.74 Å². The number of aliphatic hydroxyl groups is 3. The third-order valence-corrected chi connectivity index (χ3v) is 2.92. The quantitative estimate of drug-likeness (QED) is 0.415. The molecule has 5 N–H and O–H groups in total. The van der Waals surface area contributed by atoms with Gasteiger partial charge in [0.1, 0.15) is 17.8 Å². The summed E-state index contributed by atoms with van der Waals surface area (Å²) in [6, 6.07) is 3.11. The molecule has 0 bridgehead atoms. The lowest BCUT2D eigenvalue weighted by Gasteiger charge is -2.09. The number of amides is 1. The molecule has 2 rings (SSSR count). The van der Waals surface area contributed by atoms with Crippen LogP contribution in [0.5, 0.6) is 0 Å². The molecule has 0 aliphatic carbocycles. The maximum absolute atomic E-state index is 11.1. The highest BCUT2D eigenvalue weighted by molar-refractivity contribution is 5.92. The predicted octanol–water partition coefficient (Wildman–Crippen LogP) is -5.31. The number of aliphatic hydroxyl groups excluding tert-OH is 3. The number of primary amides is 1. The van der Waals surface area contributed by atoms with Crippen molar-refractivity contribution in [2.45, 2.75) is 24.5 Å². The van der Waals surface area contributed by atoms with Crippen LogP contribution in [0.2, 0.25) is 0 Å². The van der Waals surface area contributed by atoms with E-state index in [1.807, 2.05) is 0 Å². The summed E-state index contributed by atoms with van der Waals surface area (Å²) in [5.74, 6) is -0.601. The second kappa shape index (κ2) is 6.27. The first kappa shape index (κ1) is 15.8. The van der Waals surface area contributed by atoms with Crippen molar-refractivity contribution in [3.63, 3.8) is 0 Å². The maximum atomic E-state index is 11.1. The molecule has 0 spiro atoms. The van der Waals surface area contributed by atoms with Crippen molar-refractivity contribution < 1.29 is 41.8 Å². The maximum Gasteiger partial charge on any atom is 0.292 e. The van der Waals surface area contributed by atoms with Gasteiger partial charge in [-0.25, -0.2) is 0 Å². The number of pyridine rings is 1. The molecule has 1 amide bonds. The first-order valence-corrected chi connectivity index (χ1v) is 5.47. The predicted molar refractivity (Wildman–Crippen MR) is 58.2 cm³/mol. The third-order valence-electron chi connectivity index (χ3n) is 2.92. The van der Waals surface area contributed by atoms with E-state index in [4.69, 9.17) is 15.6 Å². The lowest BCUT2D eigenvalue weighted by molar-refractivity contribution is -0.765. The number of aromatic nitrogens is 1. The summed E-state index contributed by atoms with van der Waals surface area (Å²) < 4.78 is 6.75. The van der Waals surface area contributed by atoms with Crippen LogP contribution in [-0.4, -0.2) is 46.1 Å². The molecule has 4 atom stereocenters. The SMILES string of the molecule is NC(=O)c1ccc[n+](C2O[C@H](CO)[C@@H](O)[C@H]2O)c1.[Cl-]. The van der Waals surface area contributed by atoms with E-state index in [1.165, 1.54) is 16.8 Å². The molecule has 2 heterocycles. The number of hydrogen-bond donors (Lipinski definition) is 4. The topological polar surface area (TPSA) is 117 Å². The van der Waals surface area contributed by atoms with E-state index in [-0.39, 0.29) is 18.0 Å². The molecule has 1 aliphatic rings. The van der Waals surface area contributed by atoms with Crippen molar-refractivity contribution in [2.75, 3.05) is 6.61 Å². The Morgan fingerprint density at radius 1 is 1.42 bits per heavy atom. The Labute approximate surface area is 115 Å². The number of rotatable bonds is 3. The van der Waals surface area contributed by atoms with Crippen molar-refractivity contribution in [1.82, 2.24) is 0 Å². The molecule has 8 heteroatoms. The number of carbonyl (C=O) groups is 1. The number of hydrogen-bond acceptors (Lipinski definition) is 5. The summed E-state index contributed by atoms with van der Waals surface area (Å²) in [6.45, 7) is -0.398. The Morgan fingerprint density at radius 3 is 2.63 bits per heavy atom. The lowest BCUT2D eigenvalue weighted by Crippen LogP contribution is -3.00. The number of carbonyl (C=O) groups excluding carboxylic acids is 1. The number of nitrogens with two attached hydrogens (primary N) is 1. The van der Waals surface area contributed by atoms with Gasteiger partial charge in [0.2, 0.25) is 0 Å². The molecule has 19 heavy (non-hydrogen) atoms. The van der Waals surface area contributed by atoms with Gasteiger partial charge in [-0.2, -0.15) is 4.57 Å². The Bertz CT molecular complexity index is 458. The van der Waals surface area contributed by atoms with E-state index < -0.39 is 37.1 Å². The molecule has 1 saturated heterocycles. The zero-order valence-electron chi connectivity index (χ0n) is 9.89. The highest BCUT2D eigenvalue weighted by Gasteiger charge is 2.47. The van der Waals surface area contributed by atoms with Crippen LogP contribution in [0.4, 0.5) is 0 Å². The molecule has 0 saturated carbocycles. The number of nitrogens with zero attached hydrogens (tertiary/aromatic N) is 1. The summed E-state index contributed by atoms with van der Waals surface area (Å²) in [5, 5.41) is 28.4. The zero-order valence-corrected chi connectivity index (χ0v) is 10.6. The van der Waals surface area contributed by atoms with Gasteiger partial charge < -0.3 is 38.2 Å². The van der Waals surface area contributed by atoms with Gasteiger partial charge in [0.05, 0.1) is 6.61 Å². The highest BCUT2D eigenvalue weighted by Crippen LogP contribution is 2.24. The Kier molecular flexibility index (Phi) is 5.21. The van der Waals surface area contributed by atoms with Crippen molar-refractivity contribution in [2.24, 2.45) is 5.73 Å². The Hall–Kier alpha value is -1.25. The van der Waals surface area contributed by atoms with Crippen molar-refractivity contribution >= 4 is 5.91 Å². The van der Waals surface area contributed by atoms with Gasteiger partial charge in [0, 0.05) is 6.07 Å². The van der Waals surface area contributed by atoms with Gasteiger partial charge in [-0.3, -0.25) is 4.79 Å². The van der Waals surface area contributed by atoms with Gasteiger partial charge in [-0.15, -0.1) is 0 Å². The Morgan fingerprint density at radius 2 is 2.11 bits per heavy atom. The minimum Gasteiger partial charge on any atom is -1.00 e. The molecule has 1 aromatic heterocycles. The summed E-state index contributed by atoms with van der Waals surface area (Å²) in [6.07, 6.45) is -1.08. The monoisotopic (exact) mass is 290 g/mol. The van der Waals surface area contributed by atoms with E-state index >= 15 is 0 Å². The zero-order chi connectivity index (χ0) is 13.3. The second-order valence-electron chi connectivity index (χ2n) is 4.13. The molecule has 1 aromatic rings. The molecule has 1 unspecified atom stereocenters. The molecular formula is C11H15ClN2O5. The van der Waals surface area contributed by atoms with Crippen LogP contribution in [0.15, 0.2) is 24.5 Å². The fourth-order valence-electron chi connectivity index (χ4n) is 1.92. The molecule has 1 fully saturated rings. The molecular weight excluding hydrogens is 276 g/mol. The second-order valence-corrected chi connectivity index (χ2v) is 4.13. The van der Waals surface area contributed by atoms with Crippen molar-refractivity contribution in [3.8, 4) is 0 Å². The number of ether oxygens (including phenoxy) is 1. The average molecular weight is 291 g/mol. The molecule has 1 aliphatic heterocycles. The summed E-state index contributed by atoms with van der Waals surface area (Å²) in [7, 11) is 0. The molecule has 7 nitrogen and oxygen atoms in total. The smallest absolute Gasteiger partial charge is 0.292 e. The average Bonchev–Trinajstić information content (AvgIpc) is 2.66. The Balaban J connectivity index is 0.00000180. The molecule has 106 valence electrons. The number of halogens is 1. The van der Waals surface area contributed by atoms with Crippen molar-refractivity contribution in [3.05, 3.63) is 30.1 Å². The molecule has 0 aromatic carbocycles. The standard InChI is InChI=1S/C11H14N2O5.ClH/c12-10(17)6-2-1-3-13(4-6)11-9(16)8(15)7(5-14)18-11;/h1-4,7-9,11,14-16H,5H2,(H-,12,17);1H/t7-,8-,9-,11?;/m1./s1. The van der Waals surface area contributed by atoms with Gasteiger partial charge in [0.15, 0.2) is 18.5 Å². The third kappa shape index (κ3) is 3.02. The first-order valence-electron chi connectivity index (χ1n) is 5.47. The van der Waals surface area contributed by atoms with Crippen LogP contribution >= 0.6 is 0 Å². The summed E-state index contributed by atoms with van der Waals surface area (Å²) >= 11 is 0. The minimum atomic E-state index is -1.18. The van der Waals surface area contributed by atoms with Gasteiger partial charge >= 0.3 is 0 Å². The van der Waals surface area contributed by atoms with Crippen LogP contribution < -0.4 is 22.7 Å². The molecule has 0 radical (unpaired) electrons. The van der Waals surface area contributed by atoms with E-state index in [0.29, 0.717) is 0 Å². The van der Waals surface area contributed by atoms with Crippen LogP contribution in [0.3, 0.4) is 0 Å². The summed E-state index contributed by atoms with van der Waals surface area (Å²) in [4.78, 5) is 11.1. The van der Waals surface area contributed by atoms with E-state index in [9.17, 15) is 15.0 Å². The largest absolute Gasteiger partial charge is 1.00 e. The van der Waals surface area contributed by atoms with Gasteiger partial charge in [-0.1, -0.05) is 0 Å². The lowest BCUT2D eigenvalue weighted by atomic mass is 10.1. The van der Waals surface area contributed by atoms with E-state index in [2.05, 4.69) is 0 Å². The fourth-order valence-corrected chi connectivity index (χ4v) is 1.92. The van der Waals surface area contributed by atoms with E-state index in [1.54, 1.807) is 12.3 Å². The van der Waals surface area contributed by atoms with E-state index in [0.717, 1.165) is 0 Å². The summed E-state index contributed by atoms with van der Waals surface area (Å²) in [5.41, 5.74) is 5.41.